The Labute approximate surface area is 121 Å². The second-order valence-corrected chi connectivity index (χ2v) is 4.46. The molecule has 1 aromatic carbocycles. The Morgan fingerprint density at radius 3 is 2.70 bits per heavy atom. The average molecular weight is 294 g/mol. The number of carbonyl (C=O) groups is 1. The van der Waals surface area contributed by atoms with Crippen molar-refractivity contribution >= 4 is 23.3 Å². The molecule has 0 aliphatic heterocycles. The van der Waals surface area contributed by atoms with Crippen LogP contribution in [0.3, 0.4) is 0 Å². The van der Waals surface area contributed by atoms with Gasteiger partial charge in [-0.1, -0.05) is 23.7 Å². The number of nitrogens with one attached hydrogen (secondary N) is 2. The molecule has 6 heteroatoms. The summed E-state index contributed by atoms with van der Waals surface area (Å²) in [4.78, 5) is 15.5. The Morgan fingerprint density at radius 2 is 2.00 bits per heavy atom. The number of aromatic nitrogens is 1. The highest BCUT2D eigenvalue weighted by molar-refractivity contribution is 6.32. The van der Waals surface area contributed by atoms with Gasteiger partial charge in [-0.25, -0.2) is 14.2 Å². The smallest absolute Gasteiger partial charge is 0.319 e. The molecule has 0 saturated heterocycles. The molecule has 2 aromatic rings. The van der Waals surface area contributed by atoms with Gasteiger partial charge in [0.15, 0.2) is 5.15 Å². The Morgan fingerprint density at radius 1 is 1.25 bits per heavy atom. The highest BCUT2D eigenvalue weighted by Gasteiger charge is 2.05. The summed E-state index contributed by atoms with van der Waals surface area (Å²) in [5.74, 6) is -0.273. The van der Waals surface area contributed by atoms with Crippen molar-refractivity contribution in [1.82, 2.24) is 10.3 Å². The van der Waals surface area contributed by atoms with Gasteiger partial charge in [0.2, 0.25) is 0 Å². The maximum absolute atomic E-state index is 12.7. The zero-order chi connectivity index (χ0) is 14.4. The summed E-state index contributed by atoms with van der Waals surface area (Å²) >= 11 is 5.82. The fourth-order valence-electron chi connectivity index (χ4n) is 1.62. The molecule has 2 amide bonds. The van der Waals surface area contributed by atoms with E-state index < -0.39 is 0 Å². The molecule has 0 bridgehead atoms. The maximum atomic E-state index is 12.7. The molecule has 0 atom stereocenters. The van der Waals surface area contributed by atoms with Gasteiger partial charge in [-0.05, 0) is 36.2 Å². The molecule has 2 rings (SSSR count). The molecule has 0 fully saturated rings. The summed E-state index contributed by atoms with van der Waals surface area (Å²) < 4.78 is 12.7. The molecule has 1 aromatic heterocycles. The van der Waals surface area contributed by atoms with Gasteiger partial charge in [-0.3, -0.25) is 0 Å². The van der Waals surface area contributed by atoms with Gasteiger partial charge in [0.05, 0.1) is 5.69 Å². The number of benzene rings is 1. The van der Waals surface area contributed by atoms with Gasteiger partial charge in [-0.2, -0.15) is 0 Å². The van der Waals surface area contributed by atoms with Crippen LogP contribution in [0.5, 0.6) is 0 Å². The third kappa shape index (κ3) is 4.20. The van der Waals surface area contributed by atoms with Crippen molar-refractivity contribution in [3.63, 3.8) is 0 Å². The fourth-order valence-corrected chi connectivity index (χ4v) is 1.78. The van der Waals surface area contributed by atoms with E-state index in [0.29, 0.717) is 18.7 Å². The Bertz CT molecular complexity index is 589. The SMILES string of the molecule is O=C(NCCc1ccc(F)cc1)Nc1cccnc1Cl. The Balaban J connectivity index is 1.78. The second-order valence-electron chi connectivity index (χ2n) is 4.10. The molecule has 20 heavy (non-hydrogen) atoms. The van der Waals surface area contributed by atoms with Crippen LogP contribution in [0, 0.1) is 5.82 Å². The summed E-state index contributed by atoms with van der Waals surface area (Å²) in [5, 5.41) is 5.53. The lowest BCUT2D eigenvalue weighted by atomic mass is 10.1. The van der Waals surface area contributed by atoms with Crippen LogP contribution in [0.25, 0.3) is 0 Å². The lowest BCUT2D eigenvalue weighted by Crippen LogP contribution is -2.30. The molecule has 0 saturated carbocycles. The van der Waals surface area contributed by atoms with Crippen molar-refractivity contribution in [2.75, 3.05) is 11.9 Å². The van der Waals surface area contributed by atoms with E-state index in [-0.39, 0.29) is 17.0 Å². The summed E-state index contributed by atoms with van der Waals surface area (Å²) in [7, 11) is 0. The van der Waals surface area contributed by atoms with Crippen molar-refractivity contribution < 1.29 is 9.18 Å². The first kappa shape index (κ1) is 14.3. The second kappa shape index (κ2) is 6.86. The molecular formula is C14H13ClFN3O. The van der Waals surface area contributed by atoms with Gasteiger partial charge in [-0.15, -0.1) is 0 Å². The van der Waals surface area contributed by atoms with Crippen LogP contribution in [0.4, 0.5) is 14.9 Å². The highest BCUT2D eigenvalue weighted by Crippen LogP contribution is 2.16. The van der Waals surface area contributed by atoms with E-state index in [1.165, 1.54) is 12.1 Å². The quantitative estimate of drug-likeness (QED) is 0.850. The fraction of sp³-hybridized carbons (Fsp3) is 0.143. The molecule has 0 spiro atoms. The molecule has 0 radical (unpaired) electrons. The molecule has 4 nitrogen and oxygen atoms in total. The topological polar surface area (TPSA) is 54.0 Å². The zero-order valence-corrected chi connectivity index (χ0v) is 11.3. The lowest BCUT2D eigenvalue weighted by molar-refractivity contribution is 0.252. The first-order valence-electron chi connectivity index (χ1n) is 6.05. The van der Waals surface area contributed by atoms with Gasteiger partial charge in [0.1, 0.15) is 5.82 Å². The number of urea groups is 1. The number of rotatable bonds is 4. The minimum Gasteiger partial charge on any atom is -0.338 e. The Hall–Kier alpha value is -2.14. The van der Waals surface area contributed by atoms with E-state index in [9.17, 15) is 9.18 Å². The van der Waals surface area contributed by atoms with Crippen LogP contribution < -0.4 is 10.6 Å². The summed E-state index contributed by atoms with van der Waals surface area (Å²) in [6, 6.07) is 9.15. The number of carbonyl (C=O) groups excluding carboxylic acids is 1. The zero-order valence-electron chi connectivity index (χ0n) is 10.6. The Kier molecular flexibility index (Phi) is 4.90. The molecule has 0 aliphatic rings. The van der Waals surface area contributed by atoms with Crippen LogP contribution in [-0.4, -0.2) is 17.6 Å². The number of anilines is 1. The first-order chi connectivity index (χ1) is 9.65. The van der Waals surface area contributed by atoms with Gasteiger partial charge >= 0.3 is 6.03 Å². The molecular weight excluding hydrogens is 281 g/mol. The third-order valence-electron chi connectivity index (χ3n) is 2.62. The number of amides is 2. The molecule has 1 heterocycles. The largest absolute Gasteiger partial charge is 0.338 e. The minimum absolute atomic E-state index is 0.237. The van der Waals surface area contributed by atoms with E-state index in [1.54, 1.807) is 30.5 Å². The third-order valence-corrected chi connectivity index (χ3v) is 2.92. The molecule has 104 valence electrons. The first-order valence-corrected chi connectivity index (χ1v) is 6.43. The van der Waals surface area contributed by atoms with Crippen molar-refractivity contribution in [3.05, 3.63) is 59.1 Å². The van der Waals surface area contributed by atoms with Crippen molar-refractivity contribution in [1.29, 1.82) is 0 Å². The lowest BCUT2D eigenvalue weighted by Gasteiger charge is -2.08. The van der Waals surface area contributed by atoms with Crippen LogP contribution in [0.1, 0.15) is 5.56 Å². The van der Waals surface area contributed by atoms with Crippen LogP contribution in [0.2, 0.25) is 5.15 Å². The highest BCUT2D eigenvalue weighted by atomic mass is 35.5. The van der Waals surface area contributed by atoms with E-state index in [0.717, 1.165) is 5.56 Å². The van der Waals surface area contributed by atoms with Crippen LogP contribution in [0.15, 0.2) is 42.6 Å². The predicted molar refractivity (Wildman–Crippen MR) is 76.4 cm³/mol. The number of hydrogen-bond donors (Lipinski definition) is 2. The monoisotopic (exact) mass is 293 g/mol. The van der Waals surface area contributed by atoms with Crippen molar-refractivity contribution in [3.8, 4) is 0 Å². The standard InChI is InChI=1S/C14H13ClFN3O/c15-13-12(2-1-8-17-13)19-14(20)18-9-7-10-3-5-11(16)6-4-10/h1-6,8H,7,9H2,(H2,18,19,20). The average Bonchev–Trinajstić information content (AvgIpc) is 2.44. The number of pyridine rings is 1. The van der Waals surface area contributed by atoms with E-state index >= 15 is 0 Å². The molecule has 0 unspecified atom stereocenters. The van der Waals surface area contributed by atoms with E-state index in [4.69, 9.17) is 11.6 Å². The minimum atomic E-state index is -0.359. The summed E-state index contributed by atoms with van der Waals surface area (Å²) in [6.07, 6.45) is 2.16. The molecule has 2 N–H and O–H groups in total. The van der Waals surface area contributed by atoms with Crippen molar-refractivity contribution in [2.45, 2.75) is 6.42 Å². The van der Waals surface area contributed by atoms with Gasteiger partial charge in [0.25, 0.3) is 0 Å². The number of nitrogens with zero attached hydrogens (tertiary/aromatic N) is 1. The van der Waals surface area contributed by atoms with Crippen LogP contribution >= 0.6 is 11.6 Å². The maximum Gasteiger partial charge on any atom is 0.319 e. The van der Waals surface area contributed by atoms with Gasteiger partial charge < -0.3 is 10.6 Å². The van der Waals surface area contributed by atoms with E-state index in [2.05, 4.69) is 15.6 Å². The van der Waals surface area contributed by atoms with Gasteiger partial charge in [0, 0.05) is 12.7 Å². The van der Waals surface area contributed by atoms with Crippen LogP contribution in [-0.2, 0) is 6.42 Å². The summed E-state index contributed by atoms with van der Waals surface area (Å²) in [5.41, 5.74) is 1.40. The predicted octanol–water partition coefficient (Wildman–Crippen LogP) is 3.24. The van der Waals surface area contributed by atoms with Crippen molar-refractivity contribution in [2.24, 2.45) is 0 Å². The summed E-state index contributed by atoms with van der Waals surface area (Å²) in [6.45, 7) is 0.440. The number of halogens is 2. The normalized spacial score (nSPS) is 10.1. The molecule has 0 aliphatic carbocycles. The van der Waals surface area contributed by atoms with E-state index in [1.807, 2.05) is 0 Å². The number of hydrogen-bond acceptors (Lipinski definition) is 2.